The molecule has 7 heteroatoms. The topological polar surface area (TPSA) is 43.6 Å². The van der Waals surface area contributed by atoms with Gasteiger partial charge in [0.1, 0.15) is 18.0 Å². The Hall–Kier alpha value is -1.72. The van der Waals surface area contributed by atoms with E-state index in [4.69, 9.17) is 23.2 Å². The maximum Gasteiger partial charge on any atom is 0.144 e. The fraction of sp³-hybridized carbons (Fsp3) is 0.214. The van der Waals surface area contributed by atoms with Crippen LogP contribution < -0.4 is 0 Å². The Morgan fingerprint density at radius 1 is 1.29 bits per heavy atom. The summed E-state index contributed by atoms with van der Waals surface area (Å²) in [5.74, 6) is 0.745. The number of benzene rings is 1. The van der Waals surface area contributed by atoms with E-state index in [1.165, 1.54) is 18.5 Å². The van der Waals surface area contributed by atoms with Crippen LogP contribution in [0.5, 0.6) is 0 Å². The molecule has 0 aliphatic carbocycles. The first kappa shape index (κ1) is 14.2. The zero-order chi connectivity index (χ0) is 14.8. The molecule has 3 aromatic rings. The van der Waals surface area contributed by atoms with E-state index < -0.39 is 5.82 Å². The van der Waals surface area contributed by atoms with Crippen molar-refractivity contribution >= 4 is 34.2 Å². The van der Waals surface area contributed by atoms with Gasteiger partial charge in [-0.05, 0) is 12.1 Å². The van der Waals surface area contributed by atoms with E-state index in [1.807, 2.05) is 10.6 Å². The smallest absolute Gasteiger partial charge is 0.144 e. The Balaban J connectivity index is 2.13. The van der Waals surface area contributed by atoms with Gasteiger partial charge in [-0.15, -0.1) is 11.6 Å². The molecular formula is C14H11Cl2FN4. The van der Waals surface area contributed by atoms with Gasteiger partial charge >= 0.3 is 0 Å². The lowest BCUT2D eigenvalue weighted by Crippen LogP contribution is -2.07. The molecule has 108 valence electrons. The molecule has 0 radical (unpaired) electrons. The molecule has 0 unspecified atom stereocenters. The summed E-state index contributed by atoms with van der Waals surface area (Å²) in [6, 6.07) is 4.73. The molecular weight excluding hydrogens is 314 g/mol. The first-order valence-corrected chi connectivity index (χ1v) is 7.25. The summed E-state index contributed by atoms with van der Waals surface area (Å²) in [5.41, 5.74) is 2.14. The van der Waals surface area contributed by atoms with E-state index in [0.29, 0.717) is 29.9 Å². The van der Waals surface area contributed by atoms with E-state index >= 15 is 0 Å². The first-order chi connectivity index (χ1) is 10.2. The van der Waals surface area contributed by atoms with E-state index in [9.17, 15) is 4.39 Å². The van der Waals surface area contributed by atoms with Crippen molar-refractivity contribution in [2.45, 2.75) is 13.0 Å². The van der Waals surface area contributed by atoms with Gasteiger partial charge in [0.05, 0.1) is 28.3 Å². The standard InChI is InChI=1S/C14H11Cl2FN4/c15-3-1-14-20-12-5-10(16)11(17)6-13(12)21(14)7-9-2-4-18-8-19-9/h2,4-6,8H,1,3,7H2. The lowest BCUT2D eigenvalue weighted by atomic mass is 10.3. The van der Waals surface area contributed by atoms with E-state index in [0.717, 1.165) is 11.5 Å². The molecule has 2 heterocycles. The molecule has 0 bridgehead atoms. The highest BCUT2D eigenvalue weighted by Gasteiger charge is 2.14. The third-order valence-corrected chi connectivity index (χ3v) is 3.63. The third kappa shape index (κ3) is 2.84. The summed E-state index contributed by atoms with van der Waals surface area (Å²) in [6.07, 6.45) is 3.73. The Bertz CT molecular complexity index is 773. The number of fused-ring (bicyclic) bond motifs is 1. The number of alkyl halides is 1. The third-order valence-electron chi connectivity index (χ3n) is 3.15. The summed E-state index contributed by atoms with van der Waals surface area (Å²) < 4.78 is 15.6. The molecule has 3 rings (SSSR count). The first-order valence-electron chi connectivity index (χ1n) is 6.34. The molecule has 2 aromatic heterocycles. The van der Waals surface area contributed by atoms with Crippen molar-refractivity contribution in [3.05, 3.63) is 53.1 Å². The van der Waals surface area contributed by atoms with Crippen molar-refractivity contribution in [3.8, 4) is 0 Å². The minimum absolute atomic E-state index is 0.0617. The van der Waals surface area contributed by atoms with Crippen molar-refractivity contribution in [2.75, 3.05) is 5.88 Å². The second-order valence-electron chi connectivity index (χ2n) is 4.51. The summed E-state index contributed by atoms with van der Waals surface area (Å²) in [6.45, 7) is 0.478. The second-order valence-corrected chi connectivity index (χ2v) is 5.29. The molecule has 0 spiro atoms. The Kier molecular flexibility index (Phi) is 4.03. The lowest BCUT2D eigenvalue weighted by Gasteiger charge is -2.08. The number of hydrogen-bond donors (Lipinski definition) is 0. The molecule has 0 saturated heterocycles. The predicted molar refractivity (Wildman–Crippen MR) is 80.3 cm³/mol. The molecule has 0 saturated carbocycles. The molecule has 0 amide bonds. The Labute approximate surface area is 130 Å². The van der Waals surface area contributed by atoms with Crippen molar-refractivity contribution in [1.82, 2.24) is 19.5 Å². The van der Waals surface area contributed by atoms with Crippen LogP contribution in [0.15, 0.2) is 30.7 Å². The fourth-order valence-electron chi connectivity index (χ4n) is 2.20. The maximum atomic E-state index is 13.7. The van der Waals surface area contributed by atoms with Gasteiger partial charge in [-0.2, -0.15) is 0 Å². The highest BCUT2D eigenvalue weighted by atomic mass is 35.5. The van der Waals surface area contributed by atoms with Gasteiger partial charge < -0.3 is 4.57 Å². The average molecular weight is 325 g/mol. The Morgan fingerprint density at radius 2 is 2.14 bits per heavy atom. The van der Waals surface area contributed by atoms with Crippen molar-refractivity contribution in [2.24, 2.45) is 0 Å². The average Bonchev–Trinajstić information content (AvgIpc) is 2.79. The number of imidazole rings is 1. The molecule has 21 heavy (non-hydrogen) atoms. The number of hydrogen-bond acceptors (Lipinski definition) is 3. The zero-order valence-corrected chi connectivity index (χ0v) is 12.4. The van der Waals surface area contributed by atoms with Gasteiger partial charge in [0.2, 0.25) is 0 Å². The SMILES string of the molecule is Fc1cc2c(cc1Cl)nc(CCCl)n2Cc1ccncn1. The minimum atomic E-state index is -0.467. The molecule has 1 aromatic carbocycles. The number of nitrogens with zero attached hydrogens (tertiary/aromatic N) is 4. The van der Waals surface area contributed by atoms with Crippen LogP contribution in [-0.2, 0) is 13.0 Å². The highest BCUT2D eigenvalue weighted by Crippen LogP contribution is 2.24. The van der Waals surface area contributed by atoms with E-state index in [-0.39, 0.29) is 5.02 Å². The van der Waals surface area contributed by atoms with Crippen LogP contribution in [-0.4, -0.2) is 25.4 Å². The van der Waals surface area contributed by atoms with Crippen LogP contribution in [0.3, 0.4) is 0 Å². The van der Waals surface area contributed by atoms with Crippen LogP contribution in [0.1, 0.15) is 11.5 Å². The van der Waals surface area contributed by atoms with Gasteiger partial charge in [0, 0.05) is 24.6 Å². The molecule has 0 fully saturated rings. The quantitative estimate of drug-likeness (QED) is 0.690. The number of rotatable bonds is 4. The fourth-order valence-corrected chi connectivity index (χ4v) is 2.52. The summed E-state index contributed by atoms with van der Waals surface area (Å²) in [5, 5.41) is 0.0617. The van der Waals surface area contributed by atoms with Crippen LogP contribution in [0.25, 0.3) is 11.0 Å². The van der Waals surface area contributed by atoms with Crippen LogP contribution in [0.2, 0.25) is 5.02 Å². The summed E-state index contributed by atoms with van der Waals surface area (Å²) in [4.78, 5) is 12.6. The maximum absolute atomic E-state index is 13.7. The van der Waals surface area contributed by atoms with Crippen molar-refractivity contribution < 1.29 is 4.39 Å². The van der Waals surface area contributed by atoms with E-state index in [2.05, 4.69) is 15.0 Å². The molecule has 4 nitrogen and oxygen atoms in total. The van der Waals surface area contributed by atoms with Crippen LogP contribution in [0.4, 0.5) is 4.39 Å². The van der Waals surface area contributed by atoms with Crippen molar-refractivity contribution in [3.63, 3.8) is 0 Å². The molecule has 0 N–H and O–H groups in total. The Morgan fingerprint density at radius 3 is 2.86 bits per heavy atom. The minimum Gasteiger partial charge on any atom is -0.322 e. The van der Waals surface area contributed by atoms with Crippen LogP contribution in [0, 0.1) is 5.82 Å². The van der Waals surface area contributed by atoms with Gasteiger partial charge in [-0.25, -0.2) is 19.3 Å². The second kappa shape index (κ2) is 5.95. The molecule has 0 atom stereocenters. The molecule has 0 aliphatic heterocycles. The highest BCUT2D eigenvalue weighted by molar-refractivity contribution is 6.31. The summed E-state index contributed by atoms with van der Waals surface area (Å²) in [7, 11) is 0. The molecule has 0 aliphatic rings. The van der Waals surface area contributed by atoms with E-state index in [1.54, 1.807) is 6.20 Å². The van der Waals surface area contributed by atoms with Gasteiger partial charge in [-0.3, -0.25) is 0 Å². The number of aromatic nitrogens is 4. The van der Waals surface area contributed by atoms with Gasteiger partial charge in [-0.1, -0.05) is 11.6 Å². The zero-order valence-electron chi connectivity index (χ0n) is 10.9. The van der Waals surface area contributed by atoms with Crippen molar-refractivity contribution in [1.29, 1.82) is 0 Å². The number of aryl methyl sites for hydroxylation is 1. The normalized spacial score (nSPS) is 11.2. The monoisotopic (exact) mass is 324 g/mol. The predicted octanol–water partition coefficient (Wildman–Crippen LogP) is 3.45. The number of halogens is 3. The largest absolute Gasteiger partial charge is 0.322 e. The van der Waals surface area contributed by atoms with Gasteiger partial charge in [0.25, 0.3) is 0 Å². The van der Waals surface area contributed by atoms with Gasteiger partial charge in [0.15, 0.2) is 0 Å². The van der Waals surface area contributed by atoms with Crippen LogP contribution >= 0.6 is 23.2 Å². The lowest BCUT2D eigenvalue weighted by molar-refractivity contribution is 0.628. The summed E-state index contributed by atoms with van der Waals surface area (Å²) >= 11 is 11.6.